The van der Waals surface area contributed by atoms with Crippen LogP contribution in [0.4, 0.5) is 0 Å². The zero-order chi connectivity index (χ0) is 13.4. The van der Waals surface area contributed by atoms with Gasteiger partial charge in [-0.1, -0.05) is 12.1 Å². The van der Waals surface area contributed by atoms with E-state index < -0.39 is 6.10 Å². The molecule has 1 aromatic carbocycles. The minimum atomic E-state index is -0.609. The average Bonchev–Trinajstić information content (AvgIpc) is 2.38. The quantitative estimate of drug-likeness (QED) is 0.595. The number of aryl methyl sites for hydroxylation is 1. The predicted octanol–water partition coefficient (Wildman–Crippen LogP) is 1.94. The normalized spacial score (nSPS) is 11.9. The number of ether oxygens (including phenoxy) is 2. The monoisotopic (exact) mass is 252 g/mol. The SMILES string of the molecule is COC(=O)[C@H](C)Oc1cccc(CCCCO)c1. The third kappa shape index (κ3) is 4.75. The van der Waals surface area contributed by atoms with Crippen molar-refractivity contribution in [2.24, 2.45) is 0 Å². The number of methoxy groups -OCH3 is 1. The van der Waals surface area contributed by atoms with Crippen LogP contribution >= 0.6 is 0 Å². The third-order valence-electron chi connectivity index (χ3n) is 2.62. The fourth-order valence-corrected chi connectivity index (χ4v) is 1.63. The summed E-state index contributed by atoms with van der Waals surface area (Å²) in [5.41, 5.74) is 1.14. The first-order valence-electron chi connectivity index (χ1n) is 6.11. The lowest BCUT2D eigenvalue weighted by Crippen LogP contribution is -2.24. The first kappa shape index (κ1) is 14.5. The van der Waals surface area contributed by atoms with E-state index >= 15 is 0 Å². The number of carbonyl (C=O) groups is 1. The molecule has 0 saturated carbocycles. The Morgan fingerprint density at radius 3 is 2.83 bits per heavy atom. The van der Waals surface area contributed by atoms with Crippen LogP contribution in [0.5, 0.6) is 5.75 Å². The van der Waals surface area contributed by atoms with Crippen molar-refractivity contribution >= 4 is 5.97 Å². The zero-order valence-electron chi connectivity index (χ0n) is 10.9. The highest BCUT2D eigenvalue weighted by Gasteiger charge is 2.14. The van der Waals surface area contributed by atoms with Gasteiger partial charge in [0.05, 0.1) is 7.11 Å². The van der Waals surface area contributed by atoms with Crippen molar-refractivity contribution in [2.75, 3.05) is 13.7 Å². The summed E-state index contributed by atoms with van der Waals surface area (Å²) in [6.07, 6.45) is 2.02. The second-order valence-electron chi connectivity index (χ2n) is 4.11. The van der Waals surface area contributed by atoms with E-state index in [0.717, 1.165) is 24.8 Å². The van der Waals surface area contributed by atoms with Gasteiger partial charge in [0.25, 0.3) is 0 Å². The van der Waals surface area contributed by atoms with Crippen molar-refractivity contribution in [3.05, 3.63) is 29.8 Å². The summed E-state index contributed by atoms with van der Waals surface area (Å²) in [5.74, 6) is 0.273. The van der Waals surface area contributed by atoms with Crippen LogP contribution in [0.3, 0.4) is 0 Å². The van der Waals surface area contributed by atoms with E-state index in [4.69, 9.17) is 9.84 Å². The van der Waals surface area contributed by atoms with Crippen molar-refractivity contribution in [3.8, 4) is 5.75 Å². The standard InChI is InChI=1S/C14H20O4/c1-11(14(16)17-2)18-13-8-5-7-12(10-13)6-3-4-9-15/h5,7-8,10-11,15H,3-4,6,9H2,1-2H3/t11-/m0/s1. The molecule has 0 spiro atoms. The lowest BCUT2D eigenvalue weighted by atomic mass is 10.1. The predicted molar refractivity (Wildman–Crippen MR) is 68.6 cm³/mol. The lowest BCUT2D eigenvalue weighted by molar-refractivity contribution is -0.147. The number of esters is 1. The van der Waals surface area contributed by atoms with Gasteiger partial charge in [0.15, 0.2) is 6.10 Å². The maximum Gasteiger partial charge on any atom is 0.346 e. The molecule has 0 bridgehead atoms. The smallest absolute Gasteiger partial charge is 0.346 e. The molecule has 4 heteroatoms. The van der Waals surface area contributed by atoms with Crippen molar-refractivity contribution in [2.45, 2.75) is 32.3 Å². The van der Waals surface area contributed by atoms with Gasteiger partial charge in [0, 0.05) is 6.61 Å². The molecule has 0 saturated heterocycles. The van der Waals surface area contributed by atoms with Gasteiger partial charge in [0.1, 0.15) is 5.75 Å². The Morgan fingerprint density at radius 1 is 1.39 bits per heavy atom. The van der Waals surface area contributed by atoms with Crippen LogP contribution in [0, 0.1) is 0 Å². The van der Waals surface area contributed by atoms with Crippen molar-refractivity contribution in [3.63, 3.8) is 0 Å². The van der Waals surface area contributed by atoms with E-state index in [1.807, 2.05) is 24.3 Å². The van der Waals surface area contributed by atoms with Crippen LogP contribution in [0.25, 0.3) is 0 Å². The van der Waals surface area contributed by atoms with Gasteiger partial charge >= 0.3 is 5.97 Å². The summed E-state index contributed by atoms with van der Waals surface area (Å²) >= 11 is 0. The molecular formula is C14H20O4. The van der Waals surface area contributed by atoms with E-state index in [0.29, 0.717) is 5.75 Å². The van der Waals surface area contributed by atoms with E-state index in [1.54, 1.807) is 6.92 Å². The summed E-state index contributed by atoms with van der Waals surface area (Å²) in [6.45, 7) is 1.87. The topological polar surface area (TPSA) is 55.8 Å². The van der Waals surface area contributed by atoms with E-state index in [-0.39, 0.29) is 12.6 Å². The highest BCUT2D eigenvalue weighted by Crippen LogP contribution is 2.16. The van der Waals surface area contributed by atoms with Gasteiger partial charge in [-0.3, -0.25) is 0 Å². The molecule has 0 fully saturated rings. The van der Waals surface area contributed by atoms with Gasteiger partial charge in [-0.15, -0.1) is 0 Å². The van der Waals surface area contributed by atoms with E-state index in [1.165, 1.54) is 7.11 Å². The van der Waals surface area contributed by atoms with Crippen LogP contribution < -0.4 is 4.74 Å². The molecule has 0 heterocycles. The Morgan fingerprint density at radius 2 is 2.17 bits per heavy atom. The number of carbonyl (C=O) groups excluding carboxylic acids is 1. The van der Waals surface area contributed by atoms with Gasteiger partial charge in [-0.25, -0.2) is 4.79 Å². The number of rotatable bonds is 7. The highest BCUT2D eigenvalue weighted by molar-refractivity contribution is 5.74. The molecule has 0 radical (unpaired) electrons. The molecule has 100 valence electrons. The highest BCUT2D eigenvalue weighted by atomic mass is 16.6. The third-order valence-corrected chi connectivity index (χ3v) is 2.62. The summed E-state index contributed by atoms with van der Waals surface area (Å²) in [4.78, 5) is 11.2. The van der Waals surface area contributed by atoms with Crippen LogP contribution in [0.1, 0.15) is 25.3 Å². The number of aliphatic hydroxyl groups is 1. The molecule has 0 amide bonds. The molecule has 0 aromatic heterocycles. The molecule has 0 aliphatic rings. The number of benzene rings is 1. The molecule has 1 atom stereocenters. The van der Waals surface area contributed by atoms with Crippen molar-refractivity contribution in [1.29, 1.82) is 0 Å². The second-order valence-corrected chi connectivity index (χ2v) is 4.11. The number of hydrogen-bond donors (Lipinski definition) is 1. The molecule has 1 N–H and O–H groups in total. The molecule has 1 aromatic rings. The van der Waals surface area contributed by atoms with Crippen LogP contribution in [-0.4, -0.2) is 30.9 Å². The minimum Gasteiger partial charge on any atom is -0.479 e. The average molecular weight is 252 g/mol. The number of aliphatic hydroxyl groups excluding tert-OH is 1. The summed E-state index contributed by atoms with van der Waals surface area (Å²) in [5, 5.41) is 8.73. The Kier molecular flexibility index (Phi) is 6.22. The first-order valence-corrected chi connectivity index (χ1v) is 6.11. The van der Waals surface area contributed by atoms with Crippen LogP contribution in [-0.2, 0) is 16.0 Å². The Labute approximate surface area is 108 Å². The first-order chi connectivity index (χ1) is 8.67. The number of unbranched alkanes of at least 4 members (excludes halogenated alkanes) is 1. The Hall–Kier alpha value is -1.55. The molecule has 0 unspecified atom stereocenters. The van der Waals surface area contributed by atoms with Gasteiger partial charge in [0.2, 0.25) is 0 Å². The molecule has 4 nitrogen and oxygen atoms in total. The Bertz CT molecular complexity index is 376. The van der Waals surface area contributed by atoms with Gasteiger partial charge < -0.3 is 14.6 Å². The molecule has 18 heavy (non-hydrogen) atoms. The van der Waals surface area contributed by atoms with Crippen molar-refractivity contribution < 1.29 is 19.4 Å². The van der Waals surface area contributed by atoms with Gasteiger partial charge in [-0.05, 0) is 43.9 Å². The molecule has 0 aliphatic heterocycles. The molecule has 0 aliphatic carbocycles. The molecular weight excluding hydrogens is 232 g/mol. The number of hydrogen-bond acceptors (Lipinski definition) is 4. The Balaban J connectivity index is 2.56. The lowest BCUT2D eigenvalue weighted by Gasteiger charge is -2.13. The van der Waals surface area contributed by atoms with E-state index in [9.17, 15) is 4.79 Å². The summed E-state index contributed by atoms with van der Waals surface area (Å²) < 4.78 is 10.1. The van der Waals surface area contributed by atoms with E-state index in [2.05, 4.69) is 4.74 Å². The molecule has 1 rings (SSSR count). The maximum absolute atomic E-state index is 11.2. The minimum absolute atomic E-state index is 0.218. The second kappa shape index (κ2) is 7.71. The van der Waals surface area contributed by atoms with Crippen LogP contribution in [0.2, 0.25) is 0 Å². The zero-order valence-corrected chi connectivity index (χ0v) is 10.9. The maximum atomic E-state index is 11.2. The summed E-state index contributed by atoms with van der Waals surface area (Å²) in [6, 6.07) is 7.63. The van der Waals surface area contributed by atoms with Gasteiger partial charge in [-0.2, -0.15) is 0 Å². The fraction of sp³-hybridized carbons (Fsp3) is 0.500. The largest absolute Gasteiger partial charge is 0.479 e. The fourth-order valence-electron chi connectivity index (χ4n) is 1.63. The van der Waals surface area contributed by atoms with Crippen LogP contribution in [0.15, 0.2) is 24.3 Å². The van der Waals surface area contributed by atoms with Crippen molar-refractivity contribution in [1.82, 2.24) is 0 Å². The summed E-state index contributed by atoms with van der Waals surface area (Å²) in [7, 11) is 1.34.